The van der Waals surface area contributed by atoms with Crippen LogP contribution < -0.4 is 0 Å². The molecular formula is C23H48O4S. The SMILES string of the molecule is CCCCCCCCCCCC(CCCCC(O)CCCCCC)S(=O)(=O)O. The quantitative estimate of drug-likeness (QED) is 0.154. The fraction of sp³-hybridized carbons (Fsp3) is 1.00. The highest BCUT2D eigenvalue weighted by Crippen LogP contribution is 2.20. The van der Waals surface area contributed by atoms with Crippen molar-refractivity contribution in [3.8, 4) is 0 Å². The molecule has 2 N–H and O–H groups in total. The van der Waals surface area contributed by atoms with Crippen LogP contribution in [0.3, 0.4) is 0 Å². The van der Waals surface area contributed by atoms with Crippen LogP contribution in [0.25, 0.3) is 0 Å². The summed E-state index contributed by atoms with van der Waals surface area (Å²) in [4.78, 5) is 0. The summed E-state index contributed by atoms with van der Waals surface area (Å²) in [6.45, 7) is 4.40. The van der Waals surface area contributed by atoms with Crippen molar-refractivity contribution < 1.29 is 18.1 Å². The van der Waals surface area contributed by atoms with E-state index in [1.807, 2.05) is 0 Å². The molecule has 0 heterocycles. The highest BCUT2D eigenvalue weighted by molar-refractivity contribution is 7.86. The van der Waals surface area contributed by atoms with Gasteiger partial charge >= 0.3 is 0 Å². The predicted molar refractivity (Wildman–Crippen MR) is 120 cm³/mol. The first-order chi connectivity index (χ1) is 13.4. The van der Waals surface area contributed by atoms with Gasteiger partial charge in [-0.2, -0.15) is 8.42 Å². The summed E-state index contributed by atoms with van der Waals surface area (Å²) in [5, 5.41) is 9.37. The molecule has 0 aromatic rings. The molecule has 0 radical (unpaired) electrons. The van der Waals surface area contributed by atoms with Crippen molar-refractivity contribution in [2.24, 2.45) is 0 Å². The summed E-state index contributed by atoms with van der Waals surface area (Å²) in [5.41, 5.74) is 0. The zero-order valence-electron chi connectivity index (χ0n) is 18.7. The van der Waals surface area contributed by atoms with E-state index in [2.05, 4.69) is 13.8 Å². The van der Waals surface area contributed by atoms with Gasteiger partial charge in [0.2, 0.25) is 0 Å². The molecule has 0 saturated carbocycles. The van der Waals surface area contributed by atoms with Crippen molar-refractivity contribution in [1.82, 2.24) is 0 Å². The van der Waals surface area contributed by atoms with Gasteiger partial charge in [0.1, 0.15) is 0 Å². The Morgan fingerprint density at radius 3 is 1.36 bits per heavy atom. The van der Waals surface area contributed by atoms with Crippen LogP contribution in [0.1, 0.15) is 136 Å². The lowest BCUT2D eigenvalue weighted by Crippen LogP contribution is -2.20. The summed E-state index contributed by atoms with van der Waals surface area (Å²) in [6.07, 6.45) is 19.5. The van der Waals surface area contributed by atoms with E-state index in [1.54, 1.807) is 0 Å². The molecule has 0 aliphatic carbocycles. The minimum Gasteiger partial charge on any atom is -0.393 e. The van der Waals surface area contributed by atoms with Crippen molar-refractivity contribution in [2.75, 3.05) is 0 Å². The number of unbranched alkanes of at least 4 members (excludes halogenated alkanes) is 12. The van der Waals surface area contributed by atoms with E-state index in [4.69, 9.17) is 0 Å². The topological polar surface area (TPSA) is 74.6 Å². The van der Waals surface area contributed by atoms with Crippen molar-refractivity contribution in [2.45, 2.75) is 147 Å². The second-order valence-corrected chi connectivity index (χ2v) is 10.2. The third-order valence-corrected chi connectivity index (χ3v) is 7.07. The van der Waals surface area contributed by atoms with Gasteiger partial charge in [-0.3, -0.25) is 4.55 Å². The normalized spacial score (nSPS) is 14.3. The van der Waals surface area contributed by atoms with Crippen LogP contribution in [0.4, 0.5) is 0 Å². The van der Waals surface area contributed by atoms with Gasteiger partial charge in [0.15, 0.2) is 0 Å². The Balaban J connectivity index is 3.80. The largest absolute Gasteiger partial charge is 0.393 e. The highest BCUT2D eigenvalue weighted by Gasteiger charge is 2.22. The molecule has 28 heavy (non-hydrogen) atoms. The zero-order valence-corrected chi connectivity index (χ0v) is 19.5. The summed E-state index contributed by atoms with van der Waals surface area (Å²) in [5.74, 6) is 0. The Bertz CT molecular complexity index is 422. The minimum absolute atomic E-state index is 0.265. The van der Waals surface area contributed by atoms with Gasteiger partial charge in [0, 0.05) is 0 Å². The molecule has 0 aromatic heterocycles. The molecule has 0 aromatic carbocycles. The Morgan fingerprint density at radius 2 is 0.893 bits per heavy atom. The summed E-state index contributed by atoms with van der Waals surface area (Å²) < 4.78 is 32.8. The van der Waals surface area contributed by atoms with Gasteiger partial charge in [-0.1, -0.05) is 110 Å². The number of rotatable bonds is 21. The van der Waals surface area contributed by atoms with E-state index < -0.39 is 15.4 Å². The molecule has 170 valence electrons. The van der Waals surface area contributed by atoms with Gasteiger partial charge in [-0.25, -0.2) is 0 Å². The van der Waals surface area contributed by atoms with Crippen LogP contribution in [0, 0.1) is 0 Å². The van der Waals surface area contributed by atoms with Crippen LogP contribution >= 0.6 is 0 Å². The Morgan fingerprint density at radius 1 is 0.571 bits per heavy atom. The molecule has 2 atom stereocenters. The fourth-order valence-corrected chi connectivity index (χ4v) is 4.76. The van der Waals surface area contributed by atoms with E-state index in [0.29, 0.717) is 12.8 Å². The molecule has 0 fully saturated rings. The lowest BCUT2D eigenvalue weighted by atomic mass is 10.0. The van der Waals surface area contributed by atoms with E-state index in [9.17, 15) is 18.1 Å². The standard InChI is InChI=1S/C23H48O4S/c1-3-5-7-9-10-11-12-13-15-20-23(28(25,26)27)21-17-16-19-22(24)18-14-8-6-4-2/h22-24H,3-21H2,1-2H3,(H,25,26,27). The second kappa shape index (κ2) is 18.9. The molecule has 0 bridgehead atoms. The van der Waals surface area contributed by atoms with Gasteiger partial charge in [0.05, 0.1) is 11.4 Å². The molecule has 0 spiro atoms. The van der Waals surface area contributed by atoms with Crippen LogP contribution in [0.2, 0.25) is 0 Å². The summed E-state index contributed by atoms with van der Waals surface area (Å²) >= 11 is 0. The summed E-state index contributed by atoms with van der Waals surface area (Å²) in [7, 11) is -3.96. The van der Waals surface area contributed by atoms with Gasteiger partial charge < -0.3 is 5.11 Å². The summed E-state index contributed by atoms with van der Waals surface area (Å²) in [6, 6.07) is 0. The Hall–Kier alpha value is -0.130. The lowest BCUT2D eigenvalue weighted by molar-refractivity contribution is 0.147. The van der Waals surface area contributed by atoms with E-state index in [0.717, 1.165) is 51.4 Å². The number of aliphatic hydroxyl groups is 1. The molecule has 2 unspecified atom stereocenters. The van der Waals surface area contributed by atoms with Crippen molar-refractivity contribution in [1.29, 1.82) is 0 Å². The Kier molecular flexibility index (Phi) is 18.8. The maximum absolute atomic E-state index is 11.6. The first-order valence-electron chi connectivity index (χ1n) is 12.1. The average molecular weight is 421 g/mol. The first kappa shape index (κ1) is 27.9. The lowest BCUT2D eigenvalue weighted by Gasteiger charge is -2.15. The number of aliphatic hydroxyl groups excluding tert-OH is 1. The van der Waals surface area contributed by atoms with Crippen molar-refractivity contribution in [3.63, 3.8) is 0 Å². The van der Waals surface area contributed by atoms with Crippen LogP contribution in [0.15, 0.2) is 0 Å². The first-order valence-corrected chi connectivity index (χ1v) is 13.6. The smallest absolute Gasteiger partial charge is 0.267 e. The van der Waals surface area contributed by atoms with E-state index >= 15 is 0 Å². The maximum atomic E-state index is 11.6. The van der Waals surface area contributed by atoms with Crippen molar-refractivity contribution >= 4 is 10.1 Å². The third-order valence-electron chi connectivity index (χ3n) is 5.76. The zero-order chi connectivity index (χ0) is 21.1. The molecule has 0 amide bonds. The molecule has 0 rings (SSSR count). The molecule has 0 aliphatic rings. The Labute approximate surface area is 175 Å². The van der Waals surface area contributed by atoms with Crippen LogP contribution in [0.5, 0.6) is 0 Å². The second-order valence-electron chi connectivity index (χ2n) is 8.54. The van der Waals surface area contributed by atoms with Gasteiger partial charge in [-0.05, 0) is 25.7 Å². The minimum atomic E-state index is -3.96. The van der Waals surface area contributed by atoms with E-state index in [1.165, 1.54) is 57.8 Å². The van der Waals surface area contributed by atoms with Gasteiger partial charge in [0.25, 0.3) is 10.1 Å². The fourth-order valence-electron chi connectivity index (χ4n) is 3.83. The maximum Gasteiger partial charge on any atom is 0.267 e. The number of hydrogen-bond acceptors (Lipinski definition) is 3. The molecule has 0 saturated heterocycles. The van der Waals surface area contributed by atoms with Crippen LogP contribution in [-0.2, 0) is 10.1 Å². The predicted octanol–water partition coefficient (Wildman–Crippen LogP) is 7.06. The monoisotopic (exact) mass is 420 g/mol. The third kappa shape index (κ3) is 17.9. The molecule has 4 nitrogen and oxygen atoms in total. The van der Waals surface area contributed by atoms with Gasteiger partial charge in [-0.15, -0.1) is 0 Å². The molecule has 5 heteroatoms. The van der Waals surface area contributed by atoms with E-state index in [-0.39, 0.29) is 6.10 Å². The number of hydrogen-bond donors (Lipinski definition) is 2. The molecular weight excluding hydrogens is 372 g/mol. The van der Waals surface area contributed by atoms with Crippen LogP contribution in [-0.4, -0.2) is 29.4 Å². The highest BCUT2D eigenvalue weighted by atomic mass is 32.2. The van der Waals surface area contributed by atoms with Crippen molar-refractivity contribution in [3.05, 3.63) is 0 Å². The average Bonchev–Trinajstić information content (AvgIpc) is 2.64. The molecule has 0 aliphatic heterocycles.